The summed E-state index contributed by atoms with van der Waals surface area (Å²) >= 11 is 0. The zero-order valence-electron chi connectivity index (χ0n) is 21.7. The molecule has 194 valence electrons. The minimum atomic E-state index is -0.486. The highest BCUT2D eigenvalue weighted by atomic mass is 16.6. The van der Waals surface area contributed by atoms with E-state index in [1.54, 1.807) is 13.0 Å². The molecule has 1 aromatic carbocycles. The molecule has 0 atom stereocenters. The average Bonchev–Trinajstić information content (AvgIpc) is 2.81. The zero-order chi connectivity index (χ0) is 27.3. The van der Waals surface area contributed by atoms with Gasteiger partial charge in [-0.3, -0.25) is 0 Å². The topological polar surface area (TPSA) is 99.1 Å². The van der Waals surface area contributed by atoms with E-state index < -0.39 is 11.6 Å². The molecule has 1 aromatic rings. The van der Waals surface area contributed by atoms with Gasteiger partial charge in [0, 0.05) is 11.6 Å². The van der Waals surface area contributed by atoms with Crippen LogP contribution >= 0.6 is 0 Å². The number of rotatable bonds is 10. The summed E-state index contributed by atoms with van der Waals surface area (Å²) < 4.78 is 14.3. The van der Waals surface area contributed by atoms with E-state index in [-0.39, 0.29) is 25.2 Å². The number of unbranched alkanes of at least 4 members (excludes halogenated alkanes) is 1. The number of aliphatic hydroxyl groups is 1. The molecule has 7 heteroatoms. The second kappa shape index (κ2) is 20.0. The highest BCUT2D eigenvalue weighted by molar-refractivity contribution is 5.92. The predicted octanol–water partition coefficient (Wildman–Crippen LogP) is 5.21. The van der Waals surface area contributed by atoms with E-state index in [1.807, 2.05) is 64.1 Å². The summed E-state index contributed by atoms with van der Waals surface area (Å²) in [6.07, 6.45) is 6.66. The van der Waals surface area contributed by atoms with Gasteiger partial charge in [-0.15, -0.1) is 0 Å². The molecule has 0 heterocycles. The molecule has 0 amide bonds. The fourth-order valence-corrected chi connectivity index (χ4v) is 1.81. The molecule has 0 radical (unpaired) electrons. The van der Waals surface area contributed by atoms with Crippen LogP contribution in [0.5, 0.6) is 0 Å². The number of aliphatic hydroxyl groups excluding tert-OH is 1. The van der Waals surface area contributed by atoms with Gasteiger partial charge in [-0.2, -0.15) is 0 Å². The Hall–Kier alpha value is -3.45. The molecular weight excluding hydrogens is 448 g/mol. The maximum atomic E-state index is 11.6. The molecule has 0 saturated heterocycles. The highest BCUT2D eigenvalue weighted by Crippen LogP contribution is 2.12. The van der Waals surface area contributed by atoms with Crippen molar-refractivity contribution in [2.45, 2.75) is 53.1 Å². The first-order valence-electron chi connectivity index (χ1n) is 11.3. The lowest BCUT2D eigenvalue weighted by Gasteiger charge is -2.19. The first kappa shape index (κ1) is 33.7. The maximum absolute atomic E-state index is 11.6. The summed E-state index contributed by atoms with van der Waals surface area (Å²) in [5, 5.41) is 8.19. The molecule has 35 heavy (non-hydrogen) atoms. The summed E-state index contributed by atoms with van der Waals surface area (Å²) in [6.45, 7) is 19.8. The van der Waals surface area contributed by atoms with E-state index in [1.165, 1.54) is 6.08 Å². The molecule has 0 fully saturated rings. The lowest BCUT2D eigenvalue weighted by Crippen LogP contribution is -2.24. The largest absolute Gasteiger partial charge is 0.463 e. The number of ether oxygens (including phenoxy) is 3. The van der Waals surface area contributed by atoms with Crippen LogP contribution in [-0.4, -0.2) is 48.4 Å². The van der Waals surface area contributed by atoms with Crippen LogP contribution in [0.2, 0.25) is 0 Å². The van der Waals surface area contributed by atoms with Gasteiger partial charge >= 0.3 is 17.9 Å². The molecule has 7 nitrogen and oxygen atoms in total. The van der Waals surface area contributed by atoms with Crippen LogP contribution in [0.15, 0.2) is 73.4 Å². The van der Waals surface area contributed by atoms with Crippen molar-refractivity contribution < 1.29 is 33.7 Å². The van der Waals surface area contributed by atoms with E-state index >= 15 is 0 Å². The SMILES string of the molecule is C=C(C)C(=O)OCCO.C=C(C=Cc1ccccc1)C(=O)OC(C)(C)C.C=CC(=O)OCCCC. The van der Waals surface area contributed by atoms with Gasteiger partial charge in [0.05, 0.1) is 18.8 Å². The van der Waals surface area contributed by atoms with Gasteiger partial charge in [0.2, 0.25) is 0 Å². The van der Waals surface area contributed by atoms with Crippen molar-refractivity contribution in [2.24, 2.45) is 0 Å². The Kier molecular flexibility index (Phi) is 19.2. The number of carbonyl (C=O) groups excluding carboxylic acids is 3. The third-order valence-electron chi connectivity index (χ3n) is 3.52. The Balaban J connectivity index is 0. The van der Waals surface area contributed by atoms with Gasteiger partial charge in [0.1, 0.15) is 12.2 Å². The summed E-state index contributed by atoms with van der Waals surface area (Å²) in [5.41, 5.74) is 1.24. The molecule has 0 bridgehead atoms. The first-order valence-corrected chi connectivity index (χ1v) is 11.3. The van der Waals surface area contributed by atoms with Crippen LogP contribution in [0.1, 0.15) is 53.0 Å². The average molecular weight is 489 g/mol. The van der Waals surface area contributed by atoms with Crippen LogP contribution in [-0.2, 0) is 28.6 Å². The van der Waals surface area contributed by atoms with Crippen LogP contribution in [0.3, 0.4) is 0 Å². The minimum absolute atomic E-state index is 0.0473. The van der Waals surface area contributed by atoms with Crippen molar-refractivity contribution in [1.29, 1.82) is 0 Å². The van der Waals surface area contributed by atoms with Crippen LogP contribution in [0.4, 0.5) is 0 Å². The molecule has 1 N–H and O–H groups in total. The number of hydrogen-bond donors (Lipinski definition) is 1. The van der Waals surface area contributed by atoms with Crippen molar-refractivity contribution >= 4 is 24.0 Å². The van der Waals surface area contributed by atoms with Gasteiger partial charge in [0.25, 0.3) is 0 Å². The van der Waals surface area contributed by atoms with Crippen molar-refractivity contribution in [1.82, 2.24) is 0 Å². The lowest BCUT2D eigenvalue weighted by atomic mass is 10.1. The van der Waals surface area contributed by atoms with Crippen LogP contribution < -0.4 is 0 Å². The number of esters is 3. The Morgan fingerprint density at radius 3 is 2.06 bits per heavy atom. The number of carbonyl (C=O) groups is 3. The van der Waals surface area contributed by atoms with Crippen LogP contribution in [0, 0.1) is 0 Å². The predicted molar refractivity (Wildman–Crippen MR) is 139 cm³/mol. The smallest absolute Gasteiger partial charge is 0.338 e. The second-order valence-corrected chi connectivity index (χ2v) is 8.14. The molecule has 0 aromatic heterocycles. The third-order valence-corrected chi connectivity index (χ3v) is 3.52. The molecule has 0 unspecified atom stereocenters. The Bertz CT molecular complexity index is 829. The summed E-state index contributed by atoms with van der Waals surface area (Å²) in [7, 11) is 0. The third kappa shape index (κ3) is 22.1. The second-order valence-electron chi connectivity index (χ2n) is 8.14. The van der Waals surface area contributed by atoms with E-state index in [0.717, 1.165) is 18.4 Å². The molecule has 0 saturated carbocycles. The lowest BCUT2D eigenvalue weighted by molar-refractivity contribution is -0.149. The van der Waals surface area contributed by atoms with E-state index in [9.17, 15) is 14.4 Å². The van der Waals surface area contributed by atoms with E-state index in [2.05, 4.69) is 29.2 Å². The van der Waals surface area contributed by atoms with Gasteiger partial charge in [-0.1, -0.05) is 69.5 Å². The summed E-state index contributed by atoms with van der Waals surface area (Å²) in [4.78, 5) is 32.4. The summed E-state index contributed by atoms with van der Waals surface area (Å²) in [5.74, 6) is -1.17. The van der Waals surface area contributed by atoms with Crippen molar-refractivity contribution in [2.75, 3.05) is 19.8 Å². The fourth-order valence-electron chi connectivity index (χ4n) is 1.81. The maximum Gasteiger partial charge on any atom is 0.338 e. The normalized spacial score (nSPS) is 10.0. The molecule has 1 rings (SSSR count). The van der Waals surface area contributed by atoms with Crippen molar-refractivity contribution in [3.8, 4) is 0 Å². The summed E-state index contributed by atoms with van der Waals surface area (Å²) in [6, 6.07) is 9.74. The van der Waals surface area contributed by atoms with Crippen LogP contribution in [0.25, 0.3) is 6.08 Å². The quantitative estimate of drug-likeness (QED) is 0.159. The number of hydrogen-bond acceptors (Lipinski definition) is 7. The van der Waals surface area contributed by atoms with Gasteiger partial charge < -0.3 is 19.3 Å². The van der Waals surface area contributed by atoms with E-state index in [4.69, 9.17) is 9.84 Å². The standard InChI is InChI=1S/C15H18O2.C7H12O2.C6H10O3/c1-12(14(16)17-15(2,3)4)10-11-13-8-6-5-7-9-13;1-3-5-6-9-7(8)4-2;1-5(2)6(8)9-4-3-7/h5-11H,1H2,2-4H3;4H,2-3,5-6H2,1H3;7H,1,3-4H2,2H3. The Morgan fingerprint density at radius 2 is 1.60 bits per heavy atom. The van der Waals surface area contributed by atoms with Crippen molar-refractivity contribution in [3.05, 3.63) is 78.9 Å². The zero-order valence-corrected chi connectivity index (χ0v) is 21.7. The van der Waals surface area contributed by atoms with Gasteiger partial charge in [0.15, 0.2) is 0 Å². The first-order chi connectivity index (χ1) is 16.4. The van der Waals surface area contributed by atoms with Gasteiger partial charge in [-0.25, -0.2) is 14.4 Å². The Morgan fingerprint density at radius 1 is 1.00 bits per heavy atom. The van der Waals surface area contributed by atoms with Gasteiger partial charge in [-0.05, 0) is 45.8 Å². The molecule has 0 aliphatic heterocycles. The monoisotopic (exact) mass is 488 g/mol. The molecular formula is C28H40O7. The Labute approximate surface area is 209 Å². The fraction of sp³-hybridized carbons (Fsp3) is 0.393. The van der Waals surface area contributed by atoms with Crippen molar-refractivity contribution in [3.63, 3.8) is 0 Å². The molecule has 0 aliphatic carbocycles. The highest BCUT2D eigenvalue weighted by Gasteiger charge is 2.17. The minimum Gasteiger partial charge on any atom is -0.463 e. The number of benzene rings is 1. The van der Waals surface area contributed by atoms with E-state index in [0.29, 0.717) is 17.8 Å². The molecule has 0 aliphatic rings. The molecule has 0 spiro atoms.